The lowest BCUT2D eigenvalue weighted by Crippen LogP contribution is -2.33. The molecular formula is C21H16N4O6S. The quantitative estimate of drug-likeness (QED) is 0.330. The minimum atomic E-state index is -0.780. The van der Waals surface area contributed by atoms with Crippen LogP contribution in [0.3, 0.4) is 0 Å². The van der Waals surface area contributed by atoms with Gasteiger partial charge in [0, 0.05) is 30.0 Å². The molecule has 0 aliphatic carbocycles. The Kier molecular flexibility index (Phi) is 5.65. The fraction of sp³-hybridized carbons (Fsp3) is 0.143. The molecule has 0 spiro atoms. The summed E-state index contributed by atoms with van der Waals surface area (Å²) in [5.74, 6) is -1.24. The van der Waals surface area contributed by atoms with Gasteiger partial charge in [-0.15, -0.1) is 11.3 Å². The summed E-state index contributed by atoms with van der Waals surface area (Å²) >= 11 is 1.23. The maximum Gasteiger partial charge on any atom is 0.282 e. The predicted molar refractivity (Wildman–Crippen MR) is 116 cm³/mol. The van der Waals surface area contributed by atoms with Crippen molar-refractivity contribution < 1.29 is 24.0 Å². The molecule has 3 amide bonds. The van der Waals surface area contributed by atoms with Crippen LogP contribution >= 0.6 is 11.3 Å². The number of methoxy groups -OCH3 is 1. The van der Waals surface area contributed by atoms with Crippen LogP contribution in [0, 0.1) is 10.1 Å². The Bertz CT molecular complexity index is 1250. The number of nitro benzene ring substituents is 1. The first-order valence-electron chi connectivity index (χ1n) is 9.43. The van der Waals surface area contributed by atoms with Gasteiger partial charge in [-0.2, -0.15) is 0 Å². The van der Waals surface area contributed by atoms with Crippen LogP contribution in [0.4, 0.5) is 10.8 Å². The first-order valence-corrected chi connectivity index (χ1v) is 10.3. The van der Waals surface area contributed by atoms with Gasteiger partial charge >= 0.3 is 0 Å². The van der Waals surface area contributed by atoms with Gasteiger partial charge in [0.25, 0.3) is 17.5 Å². The minimum absolute atomic E-state index is 0.0361. The maximum absolute atomic E-state index is 12.6. The molecule has 1 aliphatic rings. The van der Waals surface area contributed by atoms with Gasteiger partial charge in [0.15, 0.2) is 5.13 Å². The number of fused-ring (bicyclic) bond motifs is 1. The number of anilines is 1. The number of benzene rings is 2. The summed E-state index contributed by atoms with van der Waals surface area (Å²) in [6.45, 7) is -0.208. The van der Waals surface area contributed by atoms with E-state index >= 15 is 0 Å². The van der Waals surface area contributed by atoms with Crippen molar-refractivity contribution in [1.82, 2.24) is 9.88 Å². The fourth-order valence-corrected chi connectivity index (χ4v) is 4.10. The standard InChI is InChI=1S/C21H16N4O6S/c1-31-16-8-3-2-5-12(16)14-11-32-21(22-14)23-17(26)9-10-24-19(27)13-6-4-7-15(25(29)30)18(13)20(24)28/h2-8,11H,9-10H2,1H3,(H,22,23,26). The van der Waals surface area contributed by atoms with Crippen LogP contribution in [0.15, 0.2) is 47.8 Å². The average Bonchev–Trinajstić information content (AvgIpc) is 3.35. The Morgan fingerprint density at radius 2 is 1.91 bits per heavy atom. The number of nitro groups is 1. The van der Waals surface area contributed by atoms with E-state index in [1.807, 2.05) is 18.2 Å². The Morgan fingerprint density at radius 1 is 1.16 bits per heavy atom. The summed E-state index contributed by atoms with van der Waals surface area (Å²) in [7, 11) is 1.56. The lowest BCUT2D eigenvalue weighted by atomic mass is 10.1. The molecule has 1 aliphatic heterocycles. The van der Waals surface area contributed by atoms with E-state index in [-0.39, 0.29) is 24.1 Å². The van der Waals surface area contributed by atoms with Crippen molar-refractivity contribution in [2.75, 3.05) is 19.0 Å². The van der Waals surface area contributed by atoms with E-state index in [1.54, 1.807) is 18.6 Å². The fourth-order valence-electron chi connectivity index (χ4n) is 3.38. The van der Waals surface area contributed by atoms with Gasteiger partial charge in [0.05, 0.1) is 23.3 Å². The van der Waals surface area contributed by atoms with E-state index in [0.717, 1.165) is 10.5 Å². The van der Waals surface area contributed by atoms with Crippen LogP contribution in [0.25, 0.3) is 11.3 Å². The zero-order chi connectivity index (χ0) is 22.8. The van der Waals surface area contributed by atoms with E-state index in [9.17, 15) is 24.5 Å². The zero-order valence-electron chi connectivity index (χ0n) is 16.7. The van der Waals surface area contributed by atoms with Gasteiger partial charge in [-0.05, 0) is 18.2 Å². The molecule has 10 nitrogen and oxygen atoms in total. The topological polar surface area (TPSA) is 132 Å². The van der Waals surface area contributed by atoms with Gasteiger partial charge in [-0.1, -0.05) is 18.2 Å². The number of thiazole rings is 1. The molecule has 3 aromatic rings. The number of nitrogens with zero attached hydrogens (tertiary/aromatic N) is 3. The zero-order valence-corrected chi connectivity index (χ0v) is 17.5. The third kappa shape index (κ3) is 3.81. The molecule has 4 rings (SSSR count). The Labute approximate surface area is 185 Å². The second-order valence-corrected chi connectivity index (χ2v) is 7.61. The number of nitrogens with one attached hydrogen (secondary N) is 1. The number of para-hydroxylation sites is 1. The van der Waals surface area contributed by atoms with Gasteiger partial charge in [-0.25, -0.2) is 4.98 Å². The molecule has 0 radical (unpaired) electrons. The van der Waals surface area contributed by atoms with Gasteiger partial charge in [0.1, 0.15) is 11.3 Å². The van der Waals surface area contributed by atoms with Crippen molar-refractivity contribution in [3.8, 4) is 17.0 Å². The minimum Gasteiger partial charge on any atom is -0.496 e. The van der Waals surface area contributed by atoms with Crippen LogP contribution in [0.5, 0.6) is 5.75 Å². The lowest BCUT2D eigenvalue weighted by Gasteiger charge is -2.12. The second kappa shape index (κ2) is 8.55. The van der Waals surface area contributed by atoms with Crippen LogP contribution in [-0.4, -0.2) is 46.2 Å². The number of carbonyl (C=O) groups excluding carboxylic acids is 3. The number of hydrogen-bond donors (Lipinski definition) is 1. The van der Waals surface area contributed by atoms with Crippen molar-refractivity contribution in [2.45, 2.75) is 6.42 Å². The molecule has 0 saturated heterocycles. The predicted octanol–water partition coefficient (Wildman–Crippen LogP) is 3.35. The third-order valence-electron chi connectivity index (χ3n) is 4.87. The van der Waals surface area contributed by atoms with Crippen molar-refractivity contribution in [2.24, 2.45) is 0 Å². The highest BCUT2D eigenvalue weighted by atomic mass is 32.1. The Balaban J connectivity index is 1.42. The molecule has 0 atom stereocenters. The molecule has 32 heavy (non-hydrogen) atoms. The molecule has 162 valence electrons. The molecule has 2 aromatic carbocycles. The van der Waals surface area contributed by atoms with Crippen LogP contribution in [0.1, 0.15) is 27.1 Å². The normalized spacial score (nSPS) is 12.6. The van der Waals surface area contributed by atoms with E-state index in [1.165, 1.54) is 29.5 Å². The highest BCUT2D eigenvalue weighted by Gasteiger charge is 2.40. The largest absolute Gasteiger partial charge is 0.496 e. The summed E-state index contributed by atoms with van der Waals surface area (Å²) in [4.78, 5) is 53.2. The number of hydrogen-bond acceptors (Lipinski definition) is 8. The molecule has 1 N–H and O–H groups in total. The van der Waals surface area contributed by atoms with E-state index < -0.39 is 28.3 Å². The number of carbonyl (C=O) groups is 3. The number of amides is 3. The first kappa shape index (κ1) is 21.1. The summed E-state index contributed by atoms with van der Waals surface area (Å²) < 4.78 is 5.32. The first-order chi connectivity index (χ1) is 15.4. The Morgan fingerprint density at radius 3 is 2.66 bits per heavy atom. The van der Waals surface area contributed by atoms with Crippen molar-refractivity contribution in [3.63, 3.8) is 0 Å². The molecule has 1 aromatic heterocycles. The second-order valence-electron chi connectivity index (χ2n) is 6.76. The van der Waals surface area contributed by atoms with Gasteiger partial charge in [0.2, 0.25) is 5.91 Å². The monoisotopic (exact) mass is 452 g/mol. The molecule has 2 heterocycles. The number of imide groups is 1. The number of rotatable bonds is 7. The van der Waals surface area contributed by atoms with Gasteiger partial charge < -0.3 is 10.1 Å². The SMILES string of the molecule is COc1ccccc1-c1csc(NC(=O)CCN2C(=O)c3cccc([N+](=O)[O-])c3C2=O)n1. The molecule has 0 bridgehead atoms. The molecule has 0 fully saturated rings. The molecule has 0 saturated carbocycles. The maximum atomic E-state index is 12.6. The number of ether oxygens (including phenoxy) is 1. The van der Waals surface area contributed by atoms with E-state index in [4.69, 9.17) is 4.74 Å². The van der Waals surface area contributed by atoms with Crippen LogP contribution in [0.2, 0.25) is 0 Å². The van der Waals surface area contributed by atoms with Crippen molar-refractivity contribution in [1.29, 1.82) is 0 Å². The molecule has 0 unspecified atom stereocenters. The molecule has 11 heteroatoms. The molecular weight excluding hydrogens is 436 g/mol. The smallest absolute Gasteiger partial charge is 0.282 e. The third-order valence-corrected chi connectivity index (χ3v) is 5.63. The summed E-state index contributed by atoms with van der Waals surface area (Å²) in [5.41, 5.74) is 0.699. The van der Waals surface area contributed by atoms with Crippen LogP contribution < -0.4 is 10.1 Å². The lowest BCUT2D eigenvalue weighted by molar-refractivity contribution is -0.385. The summed E-state index contributed by atoms with van der Waals surface area (Å²) in [6, 6.07) is 11.2. The summed E-state index contributed by atoms with van der Waals surface area (Å²) in [5, 5.41) is 16.0. The highest BCUT2D eigenvalue weighted by molar-refractivity contribution is 7.14. The highest BCUT2D eigenvalue weighted by Crippen LogP contribution is 2.32. The summed E-state index contributed by atoms with van der Waals surface area (Å²) in [6.07, 6.45) is -0.178. The van der Waals surface area contributed by atoms with Crippen molar-refractivity contribution >= 4 is 39.9 Å². The van der Waals surface area contributed by atoms with E-state index in [0.29, 0.717) is 16.6 Å². The van der Waals surface area contributed by atoms with Gasteiger partial charge in [-0.3, -0.25) is 29.4 Å². The average molecular weight is 452 g/mol. The van der Waals surface area contributed by atoms with Crippen molar-refractivity contribution in [3.05, 3.63) is 69.1 Å². The Hall–Kier alpha value is -4.12. The van der Waals surface area contributed by atoms with Crippen LogP contribution in [-0.2, 0) is 4.79 Å². The number of aromatic nitrogens is 1. The van der Waals surface area contributed by atoms with E-state index in [2.05, 4.69) is 10.3 Å².